The second-order valence-electron chi connectivity index (χ2n) is 4.50. The summed E-state index contributed by atoms with van der Waals surface area (Å²) in [4.78, 5) is 16.2. The molecule has 2 rings (SSSR count). The Hall–Kier alpha value is -2.20. The molecule has 4 nitrogen and oxygen atoms in total. The number of aromatic nitrogens is 1. The molecule has 0 saturated carbocycles. The lowest BCUT2D eigenvalue weighted by Gasteiger charge is -2.09. The maximum Gasteiger partial charge on any atom is 0.257 e. The first-order valence-electron chi connectivity index (χ1n) is 6.16. The van der Waals surface area contributed by atoms with Crippen LogP contribution >= 0.6 is 0 Å². The number of pyridine rings is 1. The van der Waals surface area contributed by atoms with Gasteiger partial charge in [0.25, 0.3) is 5.91 Å². The van der Waals surface area contributed by atoms with Gasteiger partial charge < -0.3 is 11.1 Å². The molecule has 1 amide bonds. The van der Waals surface area contributed by atoms with E-state index in [1.807, 2.05) is 38.1 Å². The quantitative estimate of drug-likeness (QED) is 0.886. The Labute approximate surface area is 112 Å². The SMILES string of the molecule is Cc1ncccc1C(=O)Nc1ccc(C(C)N)cc1. The molecule has 2 aromatic rings. The number of rotatable bonds is 3. The van der Waals surface area contributed by atoms with Crippen molar-refractivity contribution in [1.82, 2.24) is 4.98 Å². The third-order valence-electron chi connectivity index (χ3n) is 2.95. The van der Waals surface area contributed by atoms with E-state index in [0.717, 1.165) is 11.3 Å². The predicted molar refractivity (Wildman–Crippen MR) is 76.0 cm³/mol. The minimum atomic E-state index is -0.154. The van der Waals surface area contributed by atoms with Crippen LogP contribution in [0.25, 0.3) is 0 Å². The highest BCUT2D eigenvalue weighted by atomic mass is 16.1. The van der Waals surface area contributed by atoms with Gasteiger partial charge >= 0.3 is 0 Å². The number of carbonyl (C=O) groups is 1. The highest BCUT2D eigenvalue weighted by Gasteiger charge is 2.09. The molecule has 0 saturated heterocycles. The number of nitrogens with one attached hydrogen (secondary N) is 1. The lowest BCUT2D eigenvalue weighted by molar-refractivity contribution is 0.102. The number of nitrogens with zero attached hydrogens (tertiary/aromatic N) is 1. The van der Waals surface area contributed by atoms with Crippen molar-refractivity contribution in [3.05, 3.63) is 59.4 Å². The van der Waals surface area contributed by atoms with Gasteiger partial charge in [0.15, 0.2) is 0 Å². The van der Waals surface area contributed by atoms with Gasteiger partial charge in [-0.3, -0.25) is 9.78 Å². The molecule has 19 heavy (non-hydrogen) atoms. The summed E-state index contributed by atoms with van der Waals surface area (Å²) in [6.07, 6.45) is 1.67. The van der Waals surface area contributed by atoms with Gasteiger partial charge in [0.05, 0.1) is 5.56 Å². The van der Waals surface area contributed by atoms with E-state index in [1.165, 1.54) is 0 Å². The van der Waals surface area contributed by atoms with Crippen LogP contribution in [0.15, 0.2) is 42.6 Å². The molecule has 3 N–H and O–H groups in total. The summed E-state index contributed by atoms with van der Waals surface area (Å²) in [5, 5.41) is 2.85. The van der Waals surface area contributed by atoms with E-state index in [1.54, 1.807) is 18.3 Å². The van der Waals surface area contributed by atoms with E-state index in [0.29, 0.717) is 11.3 Å². The third-order valence-corrected chi connectivity index (χ3v) is 2.95. The average Bonchev–Trinajstić information content (AvgIpc) is 2.39. The average molecular weight is 255 g/mol. The molecule has 0 aliphatic carbocycles. The molecule has 1 atom stereocenters. The molecule has 98 valence electrons. The number of nitrogens with two attached hydrogens (primary N) is 1. The van der Waals surface area contributed by atoms with E-state index in [4.69, 9.17) is 5.73 Å². The first-order valence-corrected chi connectivity index (χ1v) is 6.16. The van der Waals surface area contributed by atoms with Gasteiger partial charge in [0, 0.05) is 23.6 Å². The molecular formula is C15H17N3O. The van der Waals surface area contributed by atoms with Gasteiger partial charge in [-0.2, -0.15) is 0 Å². The normalized spacial score (nSPS) is 11.9. The predicted octanol–water partition coefficient (Wildman–Crippen LogP) is 2.66. The van der Waals surface area contributed by atoms with Gasteiger partial charge in [-0.25, -0.2) is 0 Å². The summed E-state index contributed by atoms with van der Waals surface area (Å²) < 4.78 is 0. The molecule has 1 aromatic heterocycles. The third kappa shape index (κ3) is 3.17. The van der Waals surface area contributed by atoms with E-state index < -0.39 is 0 Å². The van der Waals surface area contributed by atoms with Crippen LogP contribution in [0.3, 0.4) is 0 Å². The minimum absolute atomic E-state index is 0.00896. The molecule has 0 fully saturated rings. The van der Waals surface area contributed by atoms with E-state index in [9.17, 15) is 4.79 Å². The first kappa shape index (κ1) is 13.2. The van der Waals surface area contributed by atoms with Crippen molar-refractivity contribution in [2.24, 2.45) is 5.73 Å². The van der Waals surface area contributed by atoms with Crippen LogP contribution in [-0.4, -0.2) is 10.9 Å². The molecule has 0 aliphatic heterocycles. The zero-order chi connectivity index (χ0) is 13.8. The van der Waals surface area contributed by atoms with E-state index in [2.05, 4.69) is 10.3 Å². The number of anilines is 1. The van der Waals surface area contributed by atoms with Crippen LogP contribution in [0.1, 0.15) is 34.6 Å². The lowest BCUT2D eigenvalue weighted by Crippen LogP contribution is -2.14. The van der Waals surface area contributed by atoms with Crippen molar-refractivity contribution in [3.8, 4) is 0 Å². The molecular weight excluding hydrogens is 238 g/mol. The Morgan fingerprint density at radius 2 is 1.95 bits per heavy atom. The standard InChI is InChI=1S/C15H17N3O/c1-10(16)12-5-7-13(8-6-12)18-15(19)14-4-3-9-17-11(14)2/h3-10H,16H2,1-2H3,(H,18,19). The summed E-state index contributed by atoms with van der Waals surface area (Å²) in [5.41, 5.74) is 8.86. The summed E-state index contributed by atoms with van der Waals surface area (Å²) in [6, 6.07) is 11.0. The zero-order valence-electron chi connectivity index (χ0n) is 11.1. The minimum Gasteiger partial charge on any atom is -0.324 e. The number of hydrogen-bond donors (Lipinski definition) is 2. The largest absolute Gasteiger partial charge is 0.324 e. The molecule has 1 unspecified atom stereocenters. The maximum atomic E-state index is 12.1. The van der Waals surface area contributed by atoms with Gasteiger partial charge in [0.1, 0.15) is 0 Å². The van der Waals surface area contributed by atoms with Gasteiger partial charge in [-0.05, 0) is 43.7 Å². The zero-order valence-corrected chi connectivity index (χ0v) is 11.1. The molecule has 0 radical (unpaired) electrons. The van der Waals surface area contributed by atoms with Gasteiger partial charge in [-0.15, -0.1) is 0 Å². The topological polar surface area (TPSA) is 68.0 Å². The van der Waals surface area contributed by atoms with Crippen LogP contribution in [0, 0.1) is 6.92 Å². The lowest BCUT2D eigenvalue weighted by atomic mass is 10.1. The number of benzene rings is 1. The van der Waals surface area contributed by atoms with E-state index >= 15 is 0 Å². The molecule has 0 spiro atoms. The van der Waals surface area contributed by atoms with Crippen molar-refractivity contribution >= 4 is 11.6 Å². The Morgan fingerprint density at radius 3 is 2.53 bits per heavy atom. The Kier molecular flexibility index (Phi) is 3.92. The van der Waals surface area contributed by atoms with Crippen molar-refractivity contribution in [1.29, 1.82) is 0 Å². The molecule has 4 heteroatoms. The highest BCUT2D eigenvalue weighted by Crippen LogP contribution is 2.15. The van der Waals surface area contributed by atoms with Crippen LogP contribution in [0.5, 0.6) is 0 Å². The number of aryl methyl sites for hydroxylation is 1. The Morgan fingerprint density at radius 1 is 1.26 bits per heavy atom. The summed E-state index contributed by atoms with van der Waals surface area (Å²) in [5.74, 6) is -0.154. The fraction of sp³-hybridized carbons (Fsp3) is 0.200. The first-order chi connectivity index (χ1) is 9.08. The van der Waals surface area contributed by atoms with Crippen LogP contribution < -0.4 is 11.1 Å². The highest BCUT2D eigenvalue weighted by molar-refractivity contribution is 6.04. The summed E-state index contributed by atoms with van der Waals surface area (Å²) >= 11 is 0. The number of amides is 1. The van der Waals surface area contributed by atoms with Crippen molar-refractivity contribution in [3.63, 3.8) is 0 Å². The molecule has 1 heterocycles. The second kappa shape index (κ2) is 5.63. The van der Waals surface area contributed by atoms with Crippen molar-refractivity contribution in [2.75, 3.05) is 5.32 Å². The Bertz CT molecular complexity index is 576. The monoisotopic (exact) mass is 255 g/mol. The second-order valence-corrected chi connectivity index (χ2v) is 4.50. The fourth-order valence-corrected chi connectivity index (χ4v) is 1.79. The van der Waals surface area contributed by atoms with E-state index in [-0.39, 0.29) is 11.9 Å². The molecule has 0 bridgehead atoms. The summed E-state index contributed by atoms with van der Waals surface area (Å²) in [7, 11) is 0. The number of hydrogen-bond acceptors (Lipinski definition) is 3. The van der Waals surface area contributed by atoms with Crippen LogP contribution in [0.4, 0.5) is 5.69 Å². The number of carbonyl (C=O) groups excluding carboxylic acids is 1. The Balaban J connectivity index is 2.13. The van der Waals surface area contributed by atoms with Crippen molar-refractivity contribution in [2.45, 2.75) is 19.9 Å². The molecule has 0 aliphatic rings. The van der Waals surface area contributed by atoms with Gasteiger partial charge in [-0.1, -0.05) is 12.1 Å². The smallest absolute Gasteiger partial charge is 0.257 e. The molecule has 1 aromatic carbocycles. The van der Waals surface area contributed by atoms with Crippen molar-refractivity contribution < 1.29 is 4.79 Å². The van der Waals surface area contributed by atoms with Crippen LogP contribution in [-0.2, 0) is 0 Å². The fourth-order valence-electron chi connectivity index (χ4n) is 1.79. The maximum absolute atomic E-state index is 12.1. The summed E-state index contributed by atoms with van der Waals surface area (Å²) in [6.45, 7) is 3.74. The van der Waals surface area contributed by atoms with Crippen LogP contribution in [0.2, 0.25) is 0 Å². The van der Waals surface area contributed by atoms with Gasteiger partial charge in [0.2, 0.25) is 0 Å².